The van der Waals surface area contributed by atoms with E-state index in [-0.39, 0.29) is 25.7 Å². The third-order valence-corrected chi connectivity index (χ3v) is 6.47. The van der Waals surface area contributed by atoms with Crippen molar-refractivity contribution >= 4 is 28.8 Å². The molecule has 0 saturated heterocycles. The van der Waals surface area contributed by atoms with E-state index in [4.69, 9.17) is 18.6 Å². The van der Waals surface area contributed by atoms with Crippen molar-refractivity contribution in [3.63, 3.8) is 0 Å². The molecular formula is C24H23N3O6S. The fourth-order valence-corrected chi connectivity index (χ4v) is 5.00. The highest BCUT2D eigenvalue weighted by Gasteiger charge is 2.42. The molecule has 1 aromatic heterocycles. The van der Waals surface area contributed by atoms with E-state index in [9.17, 15) is 9.59 Å². The summed E-state index contributed by atoms with van der Waals surface area (Å²) in [6.45, 7) is 4.34. The van der Waals surface area contributed by atoms with Gasteiger partial charge in [-0.1, -0.05) is 17.8 Å². The van der Waals surface area contributed by atoms with Gasteiger partial charge in [0.1, 0.15) is 11.8 Å². The molecule has 0 saturated carbocycles. The number of benzene rings is 1. The number of amidine groups is 1. The summed E-state index contributed by atoms with van der Waals surface area (Å²) in [4.78, 5) is 32.2. The first-order valence-corrected chi connectivity index (χ1v) is 11.7. The van der Waals surface area contributed by atoms with Gasteiger partial charge in [-0.3, -0.25) is 4.79 Å². The Morgan fingerprint density at radius 1 is 1.26 bits per heavy atom. The summed E-state index contributed by atoms with van der Waals surface area (Å²) < 4.78 is 21.7. The summed E-state index contributed by atoms with van der Waals surface area (Å²) >= 11 is 1.41. The van der Waals surface area contributed by atoms with Gasteiger partial charge in [0.25, 0.3) is 0 Å². The molecule has 0 aliphatic carbocycles. The molecule has 0 radical (unpaired) electrons. The number of allylic oxidation sites excluding steroid dienone is 1. The van der Waals surface area contributed by atoms with E-state index in [2.05, 4.69) is 10.3 Å². The number of rotatable bonds is 7. The van der Waals surface area contributed by atoms with Gasteiger partial charge in [0.15, 0.2) is 16.7 Å². The van der Waals surface area contributed by atoms with E-state index in [1.807, 2.05) is 28.5 Å². The monoisotopic (exact) mass is 481 g/mol. The molecule has 2 aromatic rings. The number of nitrogens with zero attached hydrogens (tertiary/aromatic N) is 2. The lowest BCUT2D eigenvalue weighted by Gasteiger charge is -2.34. The van der Waals surface area contributed by atoms with E-state index in [0.29, 0.717) is 40.2 Å². The number of aliphatic imine (C=N–C) groups is 1. The summed E-state index contributed by atoms with van der Waals surface area (Å²) in [6.07, 6.45) is 1.67. The van der Waals surface area contributed by atoms with Gasteiger partial charge in [-0.2, -0.15) is 0 Å². The Labute approximate surface area is 200 Å². The van der Waals surface area contributed by atoms with Crippen LogP contribution in [0, 0.1) is 0 Å². The third kappa shape index (κ3) is 4.16. The molecule has 4 heterocycles. The van der Waals surface area contributed by atoms with Crippen molar-refractivity contribution < 1.29 is 28.2 Å². The second-order valence-corrected chi connectivity index (χ2v) is 8.61. The van der Waals surface area contributed by atoms with Crippen molar-refractivity contribution in [2.24, 2.45) is 4.99 Å². The van der Waals surface area contributed by atoms with Gasteiger partial charge in [0, 0.05) is 12.2 Å². The molecule has 1 amide bonds. The zero-order chi connectivity index (χ0) is 23.7. The Morgan fingerprint density at radius 3 is 2.91 bits per heavy atom. The van der Waals surface area contributed by atoms with Crippen LogP contribution in [0.1, 0.15) is 37.6 Å². The topological polar surface area (TPSA) is 103 Å². The maximum atomic E-state index is 12.8. The molecule has 1 atom stereocenters. The van der Waals surface area contributed by atoms with E-state index in [0.717, 1.165) is 11.3 Å². The lowest BCUT2D eigenvalue weighted by Crippen LogP contribution is -2.37. The van der Waals surface area contributed by atoms with Crippen molar-refractivity contribution in [3.8, 4) is 11.5 Å². The van der Waals surface area contributed by atoms with E-state index >= 15 is 0 Å². The maximum Gasteiger partial charge on any atom is 0.338 e. The Bertz CT molecular complexity index is 1220. The van der Waals surface area contributed by atoms with Gasteiger partial charge in [0.2, 0.25) is 12.7 Å². The number of carbonyl (C=O) groups excluding carboxylic acids is 2. The zero-order valence-electron chi connectivity index (χ0n) is 18.7. The van der Waals surface area contributed by atoms with Gasteiger partial charge in [0.05, 0.1) is 30.6 Å². The van der Waals surface area contributed by atoms with Gasteiger partial charge < -0.3 is 28.8 Å². The molecule has 3 aliphatic heterocycles. The van der Waals surface area contributed by atoms with E-state index in [1.54, 1.807) is 32.2 Å². The van der Waals surface area contributed by atoms with E-state index < -0.39 is 12.0 Å². The van der Waals surface area contributed by atoms with Crippen LogP contribution in [0.5, 0.6) is 11.5 Å². The molecule has 0 bridgehead atoms. The van der Waals surface area contributed by atoms with Crippen molar-refractivity contribution in [2.75, 3.05) is 13.4 Å². The van der Waals surface area contributed by atoms with Crippen LogP contribution in [0.25, 0.3) is 0 Å². The zero-order valence-corrected chi connectivity index (χ0v) is 19.5. The van der Waals surface area contributed by atoms with E-state index in [1.165, 1.54) is 11.8 Å². The maximum absolute atomic E-state index is 12.8. The molecule has 1 N–H and O–H groups in total. The number of fused-ring (bicyclic) bond motifs is 2. The number of hydrogen-bond acceptors (Lipinski definition) is 9. The number of ether oxygens (including phenoxy) is 3. The molecule has 0 fully saturated rings. The van der Waals surface area contributed by atoms with Crippen molar-refractivity contribution in [2.45, 2.75) is 32.9 Å². The van der Waals surface area contributed by atoms with Crippen LogP contribution in [-0.4, -0.2) is 35.3 Å². The number of esters is 1. The van der Waals surface area contributed by atoms with Crippen LogP contribution in [0.2, 0.25) is 0 Å². The summed E-state index contributed by atoms with van der Waals surface area (Å²) in [5.41, 5.74) is 2.60. The first-order chi connectivity index (χ1) is 16.5. The number of carbonyl (C=O) groups is 2. The number of furan rings is 1. The van der Waals surface area contributed by atoms with Crippen LogP contribution in [0.4, 0.5) is 0 Å². The molecule has 9 nitrogen and oxygen atoms in total. The Hall–Kier alpha value is -3.66. The van der Waals surface area contributed by atoms with Gasteiger partial charge >= 0.3 is 5.97 Å². The fourth-order valence-electron chi connectivity index (χ4n) is 4.03. The molecule has 10 heteroatoms. The van der Waals surface area contributed by atoms with Crippen molar-refractivity contribution in [3.05, 3.63) is 70.3 Å². The smallest absolute Gasteiger partial charge is 0.338 e. The quantitative estimate of drug-likeness (QED) is 0.595. The predicted molar refractivity (Wildman–Crippen MR) is 125 cm³/mol. The molecule has 5 rings (SSSR count). The Balaban J connectivity index is 1.33. The van der Waals surface area contributed by atoms with Crippen LogP contribution in [0.3, 0.4) is 0 Å². The first kappa shape index (κ1) is 22.1. The van der Waals surface area contributed by atoms with Gasteiger partial charge in [-0.25, -0.2) is 9.79 Å². The minimum atomic E-state index is -0.565. The van der Waals surface area contributed by atoms with Crippen LogP contribution >= 0.6 is 11.8 Å². The minimum Gasteiger partial charge on any atom is -0.467 e. The van der Waals surface area contributed by atoms with Crippen molar-refractivity contribution in [1.82, 2.24) is 10.2 Å². The molecule has 34 heavy (non-hydrogen) atoms. The highest BCUT2D eigenvalue weighted by atomic mass is 32.2. The van der Waals surface area contributed by atoms with Gasteiger partial charge in [-0.05, 0) is 49.1 Å². The normalized spacial score (nSPS) is 18.4. The highest BCUT2D eigenvalue weighted by molar-refractivity contribution is 8.16. The molecule has 0 spiro atoms. The standard InChI is InChI=1S/C24H23N3O6S/c1-3-30-23(29)21-14(2)26-24-27(22(21)18-5-4-8-31-18)16(12-34-24)10-20(28)25-11-15-6-7-17-19(9-15)33-13-32-17/h4-9,12,22H,3,10-11,13H2,1-2H3,(H,25,28)/t22-/m0/s1. The minimum absolute atomic E-state index is 0.114. The average Bonchev–Trinajstić information content (AvgIpc) is 3.58. The molecule has 3 aliphatic rings. The average molecular weight is 482 g/mol. The molecule has 0 unspecified atom stereocenters. The second-order valence-electron chi connectivity index (χ2n) is 7.77. The number of thioether (sulfide) groups is 1. The number of hydrogen-bond donors (Lipinski definition) is 1. The van der Waals surface area contributed by atoms with Crippen molar-refractivity contribution in [1.29, 1.82) is 0 Å². The third-order valence-electron chi connectivity index (χ3n) is 5.58. The molecular weight excluding hydrogens is 458 g/mol. The molecule has 176 valence electrons. The van der Waals surface area contributed by atoms with Crippen LogP contribution in [-0.2, 0) is 20.9 Å². The Kier molecular flexibility index (Phi) is 6.06. The summed E-state index contributed by atoms with van der Waals surface area (Å²) in [5.74, 6) is 1.33. The Morgan fingerprint density at radius 2 is 2.12 bits per heavy atom. The predicted octanol–water partition coefficient (Wildman–Crippen LogP) is 3.85. The second kappa shape index (κ2) is 9.30. The van der Waals surface area contributed by atoms with Crippen LogP contribution < -0.4 is 14.8 Å². The summed E-state index contributed by atoms with van der Waals surface area (Å²) in [6, 6.07) is 8.58. The fraction of sp³-hybridized carbons (Fsp3) is 0.292. The SMILES string of the molecule is CCOC(=O)C1=C(C)N=C2SC=C(CC(=O)NCc3ccc4c(c3)OCO4)N2[C@H]1c1ccco1. The number of amides is 1. The largest absolute Gasteiger partial charge is 0.467 e. The lowest BCUT2D eigenvalue weighted by molar-refractivity contribution is -0.139. The molecule has 1 aromatic carbocycles. The lowest BCUT2D eigenvalue weighted by atomic mass is 9.99. The highest BCUT2D eigenvalue weighted by Crippen LogP contribution is 2.45. The summed E-state index contributed by atoms with van der Waals surface area (Å²) in [7, 11) is 0. The van der Waals surface area contributed by atoms with Crippen LogP contribution in [0.15, 0.2) is 68.4 Å². The first-order valence-electron chi connectivity index (χ1n) is 10.8. The van der Waals surface area contributed by atoms with Gasteiger partial charge in [-0.15, -0.1) is 0 Å². The summed E-state index contributed by atoms with van der Waals surface area (Å²) in [5, 5.41) is 5.52. The number of nitrogens with one attached hydrogen (secondary N) is 1.